The van der Waals surface area contributed by atoms with Gasteiger partial charge in [-0.15, -0.1) is 0 Å². The molecule has 0 atom stereocenters. The third kappa shape index (κ3) is 7.07. The van der Waals surface area contributed by atoms with E-state index < -0.39 is 0 Å². The minimum Gasteiger partial charge on any atom is -0.497 e. The van der Waals surface area contributed by atoms with E-state index in [9.17, 15) is 14.0 Å². The number of amides is 2. The quantitative estimate of drug-likeness (QED) is 0.364. The SMILES string of the molecule is COc1ccc(CNC(=O)c2ccc(CN(C(=O)C3CCC3)C3CCN(Cc4ccc(F)cc4)CC3)cc2)cc1. The van der Waals surface area contributed by atoms with Gasteiger partial charge in [0.1, 0.15) is 11.6 Å². The summed E-state index contributed by atoms with van der Waals surface area (Å²) in [6.45, 7) is 3.61. The van der Waals surface area contributed by atoms with Gasteiger partial charge in [-0.1, -0.05) is 42.8 Å². The molecule has 3 aromatic carbocycles. The number of hydrogen-bond acceptors (Lipinski definition) is 4. The molecule has 0 aromatic heterocycles. The third-order valence-corrected chi connectivity index (χ3v) is 8.24. The van der Waals surface area contributed by atoms with Gasteiger partial charge in [0.2, 0.25) is 5.91 Å². The predicted octanol–water partition coefficient (Wildman–Crippen LogP) is 5.56. The molecule has 1 aliphatic carbocycles. The third-order valence-electron chi connectivity index (χ3n) is 8.24. The molecule has 0 spiro atoms. The van der Waals surface area contributed by atoms with Crippen molar-refractivity contribution in [3.8, 4) is 5.75 Å². The van der Waals surface area contributed by atoms with E-state index in [1.165, 1.54) is 12.1 Å². The van der Waals surface area contributed by atoms with Crippen molar-refractivity contribution < 1.29 is 18.7 Å². The minimum absolute atomic E-state index is 0.127. The molecule has 210 valence electrons. The van der Waals surface area contributed by atoms with E-state index in [1.54, 1.807) is 7.11 Å². The Morgan fingerprint density at radius 3 is 2.10 bits per heavy atom. The van der Waals surface area contributed by atoms with Crippen LogP contribution in [0, 0.1) is 11.7 Å². The van der Waals surface area contributed by atoms with Gasteiger partial charge < -0.3 is 15.0 Å². The Labute approximate surface area is 236 Å². The number of hydrogen-bond donors (Lipinski definition) is 1. The molecule has 1 saturated carbocycles. The normalized spacial score (nSPS) is 16.2. The Bertz CT molecular complexity index is 1270. The van der Waals surface area contributed by atoms with Crippen molar-refractivity contribution in [2.75, 3.05) is 20.2 Å². The van der Waals surface area contributed by atoms with E-state index in [2.05, 4.69) is 15.1 Å². The molecular weight excluding hydrogens is 505 g/mol. The van der Waals surface area contributed by atoms with E-state index in [4.69, 9.17) is 4.74 Å². The van der Waals surface area contributed by atoms with Gasteiger partial charge in [0.25, 0.3) is 5.91 Å². The number of carbonyl (C=O) groups is 2. The Morgan fingerprint density at radius 2 is 1.50 bits per heavy atom. The number of rotatable bonds is 10. The van der Waals surface area contributed by atoms with Crippen LogP contribution >= 0.6 is 0 Å². The lowest BCUT2D eigenvalue weighted by Crippen LogP contribution is -2.49. The van der Waals surface area contributed by atoms with Gasteiger partial charge in [0.15, 0.2) is 0 Å². The highest BCUT2D eigenvalue weighted by Crippen LogP contribution is 2.31. The van der Waals surface area contributed by atoms with Crippen molar-refractivity contribution in [2.45, 2.75) is 57.8 Å². The summed E-state index contributed by atoms with van der Waals surface area (Å²) in [6.07, 6.45) is 4.93. The first-order valence-corrected chi connectivity index (χ1v) is 14.3. The predicted molar refractivity (Wildman–Crippen MR) is 153 cm³/mol. The van der Waals surface area contributed by atoms with Crippen LogP contribution in [0.25, 0.3) is 0 Å². The van der Waals surface area contributed by atoms with Crippen molar-refractivity contribution in [1.29, 1.82) is 0 Å². The summed E-state index contributed by atoms with van der Waals surface area (Å²) in [5.74, 6) is 0.851. The zero-order valence-corrected chi connectivity index (χ0v) is 23.2. The van der Waals surface area contributed by atoms with Crippen LogP contribution in [0.1, 0.15) is 59.2 Å². The summed E-state index contributed by atoms with van der Waals surface area (Å²) in [5, 5.41) is 2.97. The van der Waals surface area contributed by atoms with E-state index in [1.807, 2.05) is 60.7 Å². The van der Waals surface area contributed by atoms with Crippen LogP contribution in [0.4, 0.5) is 4.39 Å². The van der Waals surface area contributed by atoms with Crippen molar-refractivity contribution in [1.82, 2.24) is 15.1 Å². The van der Waals surface area contributed by atoms with Gasteiger partial charge in [0.05, 0.1) is 7.11 Å². The number of nitrogens with zero attached hydrogens (tertiary/aromatic N) is 2. The van der Waals surface area contributed by atoms with Crippen molar-refractivity contribution >= 4 is 11.8 Å². The average molecular weight is 544 g/mol. The van der Waals surface area contributed by atoms with Crippen LogP contribution in [0.5, 0.6) is 5.75 Å². The van der Waals surface area contributed by atoms with Crippen LogP contribution in [0.2, 0.25) is 0 Å². The fourth-order valence-corrected chi connectivity index (χ4v) is 5.50. The van der Waals surface area contributed by atoms with E-state index in [0.29, 0.717) is 18.7 Å². The maximum Gasteiger partial charge on any atom is 0.251 e. The largest absolute Gasteiger partial charge is 0.497 e. The van der Waals surface area contributed by atoms with Crippen LogP contribution in [0.15, 0.2) is 72.8 Å². The number of halogens is 1. The van der Waals surface area contributed by atoms with Crippen molar-refractivity contribution in [3.05, 3.63) is 101 Å². The lowest BCUT2D eigenvalue weighted by atomic mass is 9.83. The molecule has 0 unspecified atom stereocenters. The van der Waals surface area contributed by atoms with E-state index in [-0.39, 0.29) is 29.6 Å². The number of methoxy groups -OCH3 is 1. The molecular formula is C33H38FN3O3. The second-order valence-electron chi connectivity index (χ2n) is 11.0. The van der Waals surface area contributed by atoms with Crippen LogP contribution in [-0.4, -0.2) is 47.9 Å². The van der Waals surface area contributed by atoms with Gasteiger partial charge in [0, 0.05) is 50.2 Å². The summed E-state index contributed by atoms with van der Waals surface area (Å²) in [4.78, 5) is 30.7. The summed E-state index contributed by atoms with van der Waals surface area (Å²) < 4.78 is 18.5. The molecule has 1 saturated heterocycles. The summed E-state index contributed by atoms with van der Waals surface area (Å²) >= 11 is 0. The number of carbonyl (C=O) groups excluding carboxylic acids is 2. The molecule has 2 aliphatic rings. The Hall–Kier alpha value is -3.71. The van der Waals surface area contributed by atoms with Gasteiger partial charge in [-0.05, 0) is 78.8 Å². The Morgan fingerprint density at radius 1 is 0.875 bits per heavy atom. The van der Waals surface area contributed by atoms with Crippen molar-refractivity contribution in [3.63, 3.8) is 0 Å². The van der Waals surface area contributed by atoms with Crippen LogP contribution < -0.4 is 10.1 Å². The zero-order chi connectivity index (χ0) is 27.9. The molecule has 7 heteroatoms. The Kier molecular flexibility index (Phi) is 9.12. The van der Waals surface area contributed by atoms with Gasteiger partial charge in [-0.3, -0.25) is 14.5 Å². The highest BCUT2D eigenvalue weighted by atomic mass is 19.1. The molecule has 0 radical (unpaired) electrons. The number of piperidine rings is 1. The molecule has 1 heterocycles. The maximum absolute atomic E-state index is 13.5. The summed E-state index contributed by atoms with van der Waals surface area (Å²) in [7, 11) is 1.63. The maximum atomic E-state index is 13.5. The van der Waals surface area contributed by atoms with Gasteiger partial charge in [-0.25, -0.2) is 4.39 Å². The molecule has 1 aliphatic heterocycles. The highest BCUT2D eigenvalue weighted by Gasteiger charge is 2.34. The lowest BCUT2D eigenvalue weighted by molar-refractivity contribution is -0.142. The minimum atomic E-state index is -0.213. The van der Waals surface area contributed by atoms with Crippen LogP contribution in [-0.2, 0) is 24.4 Å². The topological polar surface area (TPSA) is 61.9 Å². The monoisotopic (exact) mass is 543 g/mol. The summed E-state index contributed by atoms with van der Waals surface area (Å²) in [5.41, 5.74) is 3.74. The second kappa shape index (κ2) is 13.1. The highest BCUT2D eigenvalue weighted by molar-refractivity contribution is 5.94. The number of ether oxygens (including phenoxy) is 1. The number of likely N-dealkylation sites (tertiary alicyclic amines) is 1. The van der Waals surface area contributed by atoms with E-state index >= 15 is 0 Å². The standard InChI is InChI=1S/C33H38FN3O3/c1-40-31-15-9-24(10-16-31)21-35-32(38)27-11-5-26(6-12-27)23-37(33(39)28-3-2-4-28)30-17-19-36(20-18-30)22-25-7-13-29(34)14-8-25/h5-16,28,30H,2-4,17-23H2,1H3,(H,35,38). The first-order chi connectivity index (χ1) is 19.5. The molecule has 1 N–H and O–H groups in total. The molecule has 3 aromatic rings. The fourth-order valence-electron chi connectivity index (χ4n) is 5.50. The first kappa shape index (κ1) is 27.8. The van der Waals surface area contributed by atoms with Crippen molar-refractivity contribution in [2.24, 2.45) is 5.92 Å². The second-order valence-corrected chi connectivity index (χ2v) is 11.0. The first-order valence-electron chi connectivity index (χ1n) is 14.3. The molecule has 2 fully saturated rings. The fraction of sp³-hybridized carbons (Fsp3) is 0.394. The van der Waals surface area contributed by atoms with E-state index in [0.717, 1.165) is 74.2 Å². The summed E-state index contributed by atoms with van der Waals surface area (Å²) in [6, 6.07) is 22.1. The van der Waals surface area contributed by atoms with Gasteiger partial charge >= 0.3 is 0 Å². The Balaban J connectivity index is 1.17. The lowest BCUT2D eigenvalue weighted by Gasteiger charge is -2.41. The molecule has 2 amide bonds. The van der Waals surface area contributed by atoms with Crippen LogP contribution in [0.3, 0.4) is 0 Å². The molecule has 5 rings (SSSR count). The molecule has 0 bridgehead atoms. The molecule has 6 nitrogen and oxygen atoms in total. The number of benzene rings is 3. The zero-order valence-electron chi connectivity index (χ0n) is 23.2. The number of nitrogens with one attached hydrogen (secondary N) is 1. The average Bonchev–Trinajstić information content (AvgIpc) is 2.96. The molecule has 40 heavy (non-hydrogen) atoms. The smallest absolute Gasteiger partial charge is 0.251 e. The van der Waals surface area contributed by atoms with Gasteiger partial charge in [-0.2, -0.15) is 0 Å².